The monoisotopic (exact) mass is 351 g/mol. The normalized spacial score (nSPS) is 14.3. The van der Waals surface area contributed by atoms with Crippen molar-refractivity contribution in [2.24, 2.45) is 0 Å². The molecule has 0 unspecified atom stereocenters. The topological polar surface area (TPSA) is 44.4 Å². The number of nitrogens with one attached hydrogen (secondary N) is 2. The predicted octanol–water partition coefficient (Wildman–Crippen LogP) is 4.10. The molecule has 4 nitrogen and oxygen atoms in total. The number of carbonyl (C=O) groups is 1. The summed E-state index contributed by atoms with van der Waals surface area (Å²) in [6.45, 7) is 5.85. The highest BCUT2D eigenvalue weighted by Crippen LogP contribution is 2.21. The largest absolute Gasteiger partial charge is 0.372 e. The fourth-order valence-electron chi connectivity index (χ4n) is 3.36. The zero-order chi connectivity index (χ0) is 18.2. The summed E-state index contributed by atoms with van der Waals surface area (Å²) in [5.74, 6) is 0.0491. The first-order chi connectivity index (χ1) is 12.7. The molecule has 0 radical (unpaired) electrons. The molecule has 0 bridgehead atoms. The Morgan fingerprint density at radius 3 is 2.46 bits per heavy atom. The van der Waals surface area contributed by atoms with Crippen molar-refractivity contribution in [1.82, 2.24) is 5.32 Å². The van der Waals surface area contributed by atoms with Crippen LogP contribution in [0.4, 0.5) is 11.4 Å². The second kappa shape index (κ2) is 9.39. The summed E-state index contributed by atoms with van der Waals surface area (Å²) in [6.07, 6.45) is 4.35. The highest BCUT2D eigenvalue weighted by Gasteiger charge is 2.10. The van der Waals surface area contributed by atoms with Gasteiger partial charge in [-0.15, -0.1) is 0 Å². The lowest BCUT2D eigenvalue weighted by Crippen LogP contribution is -2.29. The van der Waals surface area contributed by atoms with E-state index in [0.29, 0.717) is 13.0 Å². The number of anilines is 2. The van der Waals surface area contributed by atoms with E-state index >= 15 is 0 Å². The lowest BCUT2D eigenvalue weighted by Gasteiger charge is -2.28. The Balaban J connectivity index is 1.39. The number of carbonyl (C=O) groups excluding carboxylic acids is 1. The third-order valence-electron chi connectivity index (χ3n) is 4.98. The Labute approximate surface area is 156 Å². The van der Waals surface area contributed by atoms with Gasteiger partial charge in [0.2, 0.25) is 5.91 Å². The number of hydrogen-bond acceptors (Lipinski definition) is 3. The minimum Gasteiger partial charge on any atom is -0.372 e. The molecule has 1 aliphatic rings. The van der Waals surface area contributed by atoms with Crippen LogP contribution in [-0.2, 0) is 11.3 Å². The Kier molecular flexibility index (Phi) is 6.67. The van der Waals surface area contributed by atoms with Crippen molar-refractivity contribution in [3.05, 3.63) is 59.7 Å². The van der Waals surface area contributed by atoms with Gasteiger partial charge in [-0.3, -0.25) is 4.79 Å². The average molecular weight is 351 g/mol. The van der Waals surface area contributed by atoms with E-state index in [0.717, 1.165) is 25.3 Å². The molecule has 1 aliphatic heterocycles. The number of rotatable bonds is 7. The van der Waals surface area contributed by atoms with Gasteiger partial charge in [0.1, 0.15) is 0 Å². The molecule has 0 aromatic heterocycles. The number of amides is 1. The molecular formula is C22H29N3O. The second-order valence-electron chi connectivity index (χ2n) is 7.00. The van der Waals surface area contributed by atoms with Gasteiger partial charge in [-0.25, -0.2) is 0 Å². The Morgan fingerprint density at radius 1 is 1.00 bits per heavy atom. The van der Waals surface area contributed by atoms with Crippen molar-refractivity contribution in [3.8, 4) is 0 Å². The molecule has 0 aliphatic carbocycles. The maximum atomic E-state index is 12.1. The van der Waals surface area contributed by atoms with Gasteiger partial charge in [0, 0.05) is 44.0 Å². The number of nitrogens with zero attached hydrogens (tertiary/aromatic N) is 1. The third-order valence-corrected chi connectivity index (χ3v) is 4.98. The first kappa shape index (κ1) is 18.5. The molecule has 2 N–H and O–H groups in total. The molecule has 1 heterocycles. The molecule has 2 aromatic rings. The van der Waals surface area contributed by atoms with Crippen molar-refractivity contribution < 1.29 is 4.79 Å². The van der Waals surface area contributed by atoms with Crippen molar-refractivity contribution in [3.63, 3.8) is 0 Å². The van der Waals surface area contributed by atoms with Crippen molar-refractivity contribution in [2.75, 3.05) is 29.9 Å². The van der Waals surface area contributed by atoms with E-state index in [1.165, 1.54) is 36.1 Å². The van der Waals surface area contributed by atoms with Crippen molar-refractivity contribution in [1.29, 1.82) is 0 Å². The molecule has 0 atom stereocenters. The van der Waals surface area contributed by atoms with Crippen LogP contribution in [0.1, 0.15) is 36.8 Å². The van der Waals surface area contributed by atoms with Crippen LogP contribution in [0.25, 0.3) is 0 Å². The number of benzene rings is 2. The van der Waals surface area contributed by atoms with Crippen LogP contribution in [0.2, 0.25) is 0 Å². The van der Waals surface area contributed by atoms with Gasteiger partial charge in [0.15, 0.2) is 0 Å². The Morgan fingerprint density at radius 2 is 1.73 bits per heavy atom. The Hall–Kier alpha value is -2.33. The Bertz CT molecular complexity index is 706. The first-order valence-electron chi connectivity index (χ1n) is 9.62. The maximum Gasteiger partial charge on any atom is 0.225 e. The highest BCUT2D eigenvalue weighted by atomic mass is 16.1. The van der Waals surface area contributed by atoms with Crippen LogP contribution >= 0.6 is 0 Å². The molecule has 1 amide bonds. The van der Waals surface area contributed by atoms with Gasteiger partial charge < -0.3 is 15.5 Å². The van der Waals surface area contributed by atoms with Crippen molar-refractivity contribution in [2.45, 2.75) is 39.2 Å². The maximum absolute atomic E-state index is 12.1. The van der Waals surface area contributed by atoms with E-state index in [9.17, 15) is 4.79 Å². The highest BCUT2D eigenvalue weighted by molar-refractivity contribution is 5.91. The van der Waals surface area contributed by atoms with E-state index < -0.39 is 0 Å². The number of hydrogen-bond donors (Lipinski definition) is 2. The SMILES string of the molecule is Cc1ccccc1CNCCC(=O)Nc1ccc(N2CCCCC2)cc1. The lowest BCUT2D eigenvalue weighted by molar-refractivity contribution is -0.116. The summed E-state index contributed by atoms with van der Waals surface area (Å²) >= 11 is 0. The summed E-state index contributed by atoms with van der Waals surface area (Å²) in [7, 11) is 0. The molecule has 26 heavy (non-hydrogen) atoms. The second-order valence-corrected chi connectivity index (χ2v) is 7.00. The molecule has 0 spiro atoms. The van der Waals surface area contributed by atoms with Crippen LogP contribution in [-0.4, -0.2) is 25.5 Å². The summed E-state index contributed by atoms with van der Waals surface area (Å²) in [4.78, 5) is 14.5. The van der Waals surface area contributed by atoms with Crippen LogP contribution in [0, 0.1) is 6.92 Å². The molecule has 0 saturated carbocycles. The average Bonchev–Trinajstić information content (AvgIpc) is 2.68. The smallest absolute Gasteiger partial charge is 0.225 e. The lowest BCUT2D eigenvalue weighted by atomic mass is 10.1. The predicted molar refractivity (Wildman–Crippen MR) is 109 cm³/mol. The summed E-state index contributed by atoms with van der Waals surface area (Å²) in [6, 6.07) is 16.5. The van der Waals surface area contributed by atoms with Gasteiger partial charge in [0.05, 0.1) is 0 Å². The molecule has 2 aromatic carbocycles. The van der Waals surface area contributed by atoms with E-state index in [4.69, 9.17) is 0 Å². The van der Waals surface area contributed by atoms with E-state index in [1.807, 2.05) is 24.3 Å². The standard InChI is InChI=1S/C22H29N3O/c1-18-7-3-4-8-19(18)17-23-14-13-22(26)24-20-9-11-21(12-10-20)25-15-5-2-6-16-25/h3-4,7-12,23H,2,5-6,13-17H2,1H3,(H,24,26). The fourth-order valence-corrected chi connectivity index (χ4v) is 3.36. The van der Waals surface area contributed by atoms with Gasteiger partial charge in [-0.1, -0.05) is 24.3 Å². The number of piperidine rings is 1. The zero-order valence-electron chi connectivity index (χ0n) is 15.6. The molecule has 1 saturated heterocycles. The molecular weight excluding hydrogens is 322 g/mol. The molecule has 138 valence electrons. The van der Waals surface area contributed by atoms with Crippen LogP contribution in [0.5, 0.6) is 0 Å². The van der Waals surface area contributed by atoms with Gasteiger partial charge in [0.25, 0.3) is 0 Å². The first-order valence-corrected chi connectivity index (χ1v) is 9.62. The van der Waals surface area contributed by atoms with E-state index in [-0.39, 0.29) is 5.91 Å². The van der Waals surface area contributed by atoms with Crippen LogP contribution in [0.15, 0.2) is 48.5 Å². The zero-order valence-corrected chi connectivity index (χ0v) is 15.6. The summed E-state index contributed by atoms with van der Waals surface area (Å²) in [5, 5.41) is 6.33. The molecule has 3 rings (SSSR count). The van der Waals surface area contributed by atoms with Crippen LogP contribution in [0.3, 0.4) is 0 Å². The van der Waals surface area contributed by atoms with Crippen molar-refractivity contribution >= 4 is 17.3 Å². The van der Waals surface area contributed by atoms with Gasteiger partial charge in [-0.05, 0) is 61.6 Å². The minimum atomic E-state index is 0.0491. The molecule has 4 heteroatoms. The van der Waals surface area contributed by atoms with E-state index in [2.05, 4.69) is 46.7 Å². The molecule has 1 fully saturated rings. The quantitative estimate of drug-likeness (QED) is 0.738. The van der Waals surface area contributed by atoms with Gasteiger partial charge >= 0.3 is 0 Å². The van der Waals surface area contributed by atoms with Crippen LogP contribution < -0.4 is 15.5 Å². The third kappa shape index (κ3) is 5.33. The van der Waals surface area contributed by atoms with Gasteiger partial charge in [-0.2, -0.15) is 0 Å². The fraction of sp³-hybridized carbons (Fsp3) is 0.409. The summed E-state index contributed by atoms with van der Waals surface area (Å²) < 4.78 is 0. The summed E-state index contributed by atoms with van der Waals surface area (Å²) in [5.41, 5.74) is 4.68. The minimum absolute atomic E-state index is 0.0491. The van der Waals surface area contributed by atoms with E-state index in [1.54, 1.807) is 0 Å². The number of aryl methyl sites for hydroxylation is 1.